The Morgan fingerprint density at radius 3 is 2.47 bits per heavy atom. The van der Waals surface area contributed by atoms with Crippen molar-refractivity contribution >= 4 is 33.1 Å². The van der Waals surface area contributed by atoms with Crippen LogP contribution in [0.5, 0.6) is 0 Å². The first-order valence-corrected chi connectivity index (χ1v) is 9.69. The normalized spacial score (nSPS) is 14.5. The minimum atomic E-state index is -1.46. The predicted molar refractivity (Wildman–Crippen MR) is 78.4 cm³/mol. The minimum absolute atomic E-state index is 0. The van der Waals surface area contributed by atoms with Crippen molar-refractivity contribution in [2.24, 2.45) is 0 Å². The van der Waals surface area contributed by atoms with Gasteiger partial charge in [0, 0.05) is 0 Å². The van der Waals surface area contributed by atoms with Crippen LogP contribution in [0.1, 0.15) is 26.2 Å². The van der Waals surface area contributed by atoms with Crippen LogP contribution in [0.15, 0.2) is 21.6 Å². The Morgan fingerprint density at radius 2 is 2.00 bits per heavy atom. The molecule has 1 aliphatic carbocycles. The van der Waals surface area contributed by atoms with E-state index in [1.165, 1.54) is 28.3 Å². The smallest absolute Gasteiger partial charge is 0.147 e. The van der Waals surface area contributed by atoms with Crippen LogP contribution in [0, 0.1) is 0 Å². The van der Waals surface area contributed by atoms with Gasteiger partial charge in [0.2, 0.25) is 0 Å². The van der Waals surface area contributed by atoms with Gasteiger partial charge in [-0.2, -0.15) is 0 Å². The van der Waals surface area contributed by atoms with Gasteiger partial charge >= 0.3 is 107 Å². The van der Waals surface area contributed by atoms with E-state index >= 15 is 0 Å². The maximum Gasteiger partial charge on any atom is -0.147 e. The summed E-state index contributed by atoms with van der Waals surface area (Å²) >= 11 is 2.24. The van der Waals surface area contributed by atoms with Crippen LogP contribution in [0.25, 0.3) is 0 Å². The topological polar surface area (TPSA) is 9.23 Å². The molecule has 99 valence electrons. The molecule has 0 atom stereocenters. The molecule has 0 aromatic heterocycles. The fraction of sp³-hybridized carbons (Fsp3) is 0.667. The maximum atomic E-state index is 6.05. The molecule has 1 rings (SSSR count). The third-order valence-electron chi connectivity index (χ3n) is 2.64. The standard InChI is InChI=1S/C12H21OSi.2ClH.Ti/c1-4-5-10-13-14(2,3)11-12-8-6-7-9-12;;;/h6,8H,4-5,7,10-11H2,1-3H3;2*1H;. The molecule has 0 N–H and O–H groups in total. The summed E-state index contributed by atoms with van der Waals surface area (Å²) in [5.41, 5.74) is 1.53. The van der Waals surface area contributed by atoms with Crippen LogP contribution < -0.4 is 0 Å². The summed E-state index contributed by atoms with van der Waals surface area (Å²) < 4.78 is 7.59. The molecule has 0 unspecified atom stereocenters. The number of hydrogen-bond acceptors (Lipinski definition) is 1. The van der Waals surface area contributed by atoms with Crippen molar-refractivity contribution in [1.82, 2.24) is 0 Å². The van der Waals surface area contributed by atoms with E-state index in [-0.39, 0.29) is 24.8 Å². The Hall–Kier alpha value is 0.951. The molecule has 0 radical (unpaired) electrons. The van der Waals surface area contributed by atoms with Crippen molar-refractivity contribution < 1.29 is 24.9 Å². The second kappa shape index (κ2) is 9.83. The number of rotatable bonds is 6. The Morgan fingerprint density at radius 1 is 1.35 bits per heavy atom. The first-order valence-electron chi connectivity index (χ1n) is 5.79. The van der Waals surface area contributed by atoms with Gasteiger partial charge in [-0.25, -0.2) is 0 Å². The maximum absolute atomic E-state index is 6.05. The summed E-state index contributed by atoms with van der Waals surface area (Å²) in [6, 6.07) is 1.18. The number of allylic oxidation sites excluding steroid dienone is 4. The molecule has 0 saturated heterocycles. The van der Waals surface area contributed by atoms with Crippen LogP contribution >= 0.6 is 24.8 Å². The van der Waals surface area contributed by atoms with Crippen molar-refractivity contribution in [1.29, 1.82) is 0 Å². The van der Waals surface area contributed by atoms with Gasteiger partial charge in [-0.15, -0.1) is 24.8 Å². The SMILES string of the molecule is CCCCO[Si](C)(C)CC1=[C]([Ti])CC=C1.Cl.Cl. The molecule has 17 heavy (non-hydrogen) atoms. The first-order chi connectivity index (χ1) is 7.05. The van der Waals surface area contributed by atoms with E-state index in [0.717, 1.165) is 13.0 Å². The second-order valence-corrected chi connectivity index (χ2v) is 9.85. The second-order valence-electron chi connectivity index (χ2n) is 4.75. The van der Waals surface area contributed by atoms with Crippen molar-refractivity contribution in [2.75, 3.05) is 6.61 Å². The Balaban J connectivity index is 0. The molecule has 1 aliphatic rings. The van der Waals surface area contributed by atoms with Gasteiger partial charge in [-0.05, 0) is 0 Å². The summed E-state index contributed by atoms with van der Waals surface area (Å²) in [6.45, 7) is 7.82. The van der Waals surface area contributed by atoms with Crippen LogP contribution in [0.4, 0.5) is 0 Å². The van der Waals surface area contributed by atoms with Crippen molar-refractivity contribution in [3.63, 3.8) is 0 Å². The Bertz CT molecular complexity index is 278. The predicted octanol–water partition coefficient (Wildman–Crippen LogP) is 4.61. The summed E-state index contributed by atoms with van der Waals surface area (Å²) in [5.74, 6) is 0. The molecule has 0 spiro atoms. The molecule has 0 heterocycles. The van der Waals surface area contributed by atoms with Gasteiger partial charge in [0.05, 0.1) is 0 Å². The molecule has 0 aliphatic heterocycles. The van der Waals surface area contributed by atoms with Gasteiger partial charge in [-0.3, -0.25) is 0 Å². The zero-order valence-electron chi connectivity index (χ0n) is 10.9. The van der Waals surface area contributed by atoms with E-state index < -0.39 is 8.32 Å². The van der Waals surface area contributed by atoms with Crippen LogP contribution in [-0.4, -0.2) is 14.9 Å². The number of unbranched alkanes of at least 4 members (excludes halogenated alkanes) is 1. The van der Waals surface area contributed by atoms with Crippen LogP contribution in [-0.2, 0) is 24.9 Å². The van der Waals surface area contributed by atoms with Crippen LogP contribution in [0.3, 0.4) is 0 Å². The molecule has 0 aromatic carbocycles. The molecular formula is C12H23Cl2OSiTi. The first kappa shape index (κ1) is 20.3. The van der Waals surface area contributed by atoms with Crippen molar-refractivity contribution in [3.05, 3.63) is 21.6 Å². The van der Waals surface area contributed by atoms with Crippen molar-refractivity contribution in [2.45, 2.75) is 45.3 Å². The molecular weight excluding hydrogens is 307 g/mol. The van der Waals surface area contributed by atoms with Crippen LogP contribution in [0.2, 0.25) is 19.1 Å². The fourth-order valence-corrected chi connectivity index (χ4v) is 4.49. The van der Waals surface area contributed by atoms with E-state index in [9.17, 15) is 0 Å². The third-order valence-corrected chi connectivity index (χ3v) is 5.67. The van der Waals surface area contributed by atoms with Gasteiger partial charge < -0.3 is 0 Å². The third kappa shape index (κ3) is 7.86. The molecule has 0 bridgehead atoms. The summed E-state index contributed by atoms with van der Waals surface area (Å²) in [5, 5.41) is 0. The summed E-state index contributed by atoms with van der Waals surface area (Å²) in [4.78, 5) is 0. The molecule has 0 saturated carbocycles. The van der Waals surface area contributed by atoms with E-state index in [1.807, 2.05) is 0 Å². The van der Waals surface area contributed by atoms with E-state index in [0.29, 0.717) is 0 Å². The average Bonchev–Trinajstić information content (AvgIpc) is 2.51. The molecule has 5 heteroatoms. The Kier molecular flexibility index (Phi) is 11.7. The van der Waals surface area contributed by atoms with E-state index in [2.05, 4.69) is 52.6 Å². The minimum Gasteiger partial charge on any atom is -0.147 e. The zero-order valence-corrected chi connectivity index (χ0v) is 15.1. The zero-order chi connectivity index (χ0) is 11.3. The van der Waals surface area contributed by atoms with E-state index in [4.69, 9.17) is 4.43 Å². The molecule has 0 fully saturated rings. The van der Waals surface area contributed by atoms with E-state index in [1.54, 1.807) is 0 Å². The van der Waals surface area contributed by atoms with Gasteiger partial charge in [0.25, 0.3) is 0 Å². The Labute approximate surface area is 131 Å². The monoisotopic (exact) mass is 329 g/mol. The molecule has 0 aromatic rings. The molecule has 0 amide bonds. The number of halogens is 2. The largest absolute Gasteiger partial charge is 0.147 e. The fourth-order valence-electron chi connectivity index (χ4n) is 1.72. The quantitative estimate of drug-likeness (QED) is 0.510. The van der Waals surface area contributed by atoms with Gasteiger partial charge in [0.15, 0.2) is 0 Å². The summed E-state index contributed by atoms with van der Waals surface area (Å²) in [7, 11) is -1.46. The van der Waals surface area contributed by atoms with Crippen molar-refractivity contribution in [3.8, 4) is 0 Å². The number of hydrogen-bond donors (Lipinski definition) is 0. The van der Waals surface area contributed by atoms with Gasteiger partial charge in [0.1, 0.15) is 0 Å². The summed E-state index contributed by atoms with van der Waals surface area (Å²) in [6.07, 6.45) is 8.12. The van der Waals surface area contributed by atoms with Gasteiger partial charge in [-0.1, -0.05) is 0 Å². The average molecular weight is 330 g/mol. The molecule has 1 nitrogen and oxygen atoms in total.